The van der Waals surface area contributed by atoms with Crippen molar-refractivity contribution in [3.63, 3.8) is 0 Å². The topological polar surface area (TPSA) is 86.7 Å². The standard InChI is InChI=1S/C18H22O6S2/c1-13(23-25(3,19)20)15-5-9-17(10-6-15)18-11-7-16(8-12-18)14(2)24-26(4,21)22/h5-14H,1-4H3. The molecule has 0 aromatic heterocycles. The average Bonchev–Trinajstić information content (AvgIpc) is 2.52. The van der Waals surface area contributed by atoms with Crippen LogP contribution in [0.15, 0.2) is 48.5 Å². The molecule has 0 saturated carbocycles. The monoisotopic (exact) mass is 398 g/mol. The molecular weight excluding hydrogens is 376 g/mol. The fourth-order valence-corrected chi connectivity index (χ4v) is 3.80. The van der Waals surface area contributed by atoms with E-state index in [1.807, 2.05) is 48.5 Å². The van der Waals surface area contributed by atoms with Crippen LogP contribution in [-0.2, 0) is 28.6 Å². The predicted octanol–water partition coefficient (Wildman–Crippen LogP) is 3.43. The Morgan fingerprint density at radius 3 is 1.12 bits per heavy atom. The second-order valence-electron chi connectivity index (χ2n) is 6.13. The maximum atomic E-state index is 11.2. The minimum Gasteiger partial charge on any atom is -0.262 e. The van der Waals surface area contributed by atoms with E-state index in [1.165, 1.54) is 0 Å². The van der Waals surface area contributed by atoms with E-state index in [4.69, 9.17) is 8.37 Å². The third-order valence-corrected chi connectivity index (χ3v) is 5.01. The molecule has 6 nitrogen and oxygen atoms in total. The van der Waals surface area contributed by atoms with E-state index in [9.17, 15) is 16.8 Å². The van der Waals surface area contributed by atoms with Crippen LogP contribution in [0.25, 0.3) is 11.1 Å². The fraction of sp³-hybridized carbons (Fsp3) is 0.333. The van der Waals surface area contributed by atoms with Gasteiger partial charge in [0, 0.05) is 0 Å². The number of hydrogen-bond acceptors (Lipinski definition) is 6. The summed E-state index contributed by atoms with van der Waals surface area (Å²) in [6.07, 6.45) is 0.924. The molecule has 0 bridgehead atoms. The molecule has 2 aromatic rings. The van der Waals surface area contributed by atoms with Crippen LogP contribution in [0.2, 0.25) is 0 Å². The highest BCUT2D eigenvalue weighted by atomic mass is 32.2. The third-order valence-electron chi connectivity index (χ3n) is 3.73. The van der Waals surface area contributed by atoms with Crippen LogP contribution in [0.5, 0.6) is 0 Å². The molecule has 0 fully saturated rings. The summed E-state index contributed by atoms with van der Waals surface area (Å²) in [6.45, 7) is 3.35. The van der Waals surface area contributed by atoms with Gasteiger partial charge in [-0.2, -0.15) is 16.8 Å². The predicted molar refractivity (Wildman–Crippen MR) is 101 cm³/mol. The van der Waals surface area contributed by atoms with E-state index in [0.717, 1.165) is 34.8 Å². The van der Waals surface area contributed by atoms with Crippen LogP contribution in [0.1, 0.15) is 37.2 Å². The zero-order chi connectivity index (χ0) is 19.5. The largest absolute Gasteiger partial charge is 0.264 e. The van der Waals surface area contributed by atoms with Crippen molar-refractivity contribution >= 4 is 20.2 Å². The van der Waals surface area contributed by atoms with E-state index < -0.39 is 32.4 Å². The minimum atomic E-state index is -3.51. The summed E-state index contributed by atoms with van der Waals surface area (Å²) in [5.74, 6) is 0. The molecule has 8 heteroatoms. The summed E-state index contributed by atoms with van der Waals surface area (Å²) in [5, 5.41) is 0. The van der Waals surface area contributed by atoms with E-state index in [2.05, 4.69) is 0 Å². The molecule has 0 amide bonds. The zero-order valence-corrected chi connectivity index (χ0v) is 16.7. The van der Waals surface area contributed by atoms with Gasteiger partial charge in [-0.15, -0.1) is 0 Å². The second-order valence-corrected chi connectivity index (χ2v) is 9.33. The second kappa shape index (κ2) is 7.87. The molecule has 2 atom stereocenters. The molecule has 0 aliphatic heterocycles. The first kappa shape index (κ1) is 20.6. The molecule has 0 aliphatic carbocycles. The lowest BCUT2D eigenvalue weighted by molar-refractivity contribution is 0.236. The van der Waals surface area contributed by atoms with Crippen molar-refractivity contribution in [3.05, 3.63) is 59.7 Å². The van der Waals surface area contributed by atoms with Gasteiger partial charge in [-0.25, -0.2) is 0 Å². The molecule has 142 valence electrons. The summed E-state index contributed by atoms with van der Waals surface area (Å²) in [4.78, 5) is 0. The summed E-state index contributed by atoms with van der Waals surface area (Å²) in [6, 6.07) is 14.8. The van der Waals surface area contributed by atoms with Crippen molar-refractivity contribution in [3.8, 4) is 11.1 Å². The minimum absolute atomic E-state index is 0.560. The molecule has 0 spiro atoms. The van der Waals surface area contributed by atoms with E-state index in [1.54, 1.807) is 13.8 Å². The number of rotatable bonds is 7. The Kier molecular flexibility index (Phi) is 6.23. The van der Waals surface area contributed by atoms with Gasteiger partial charge in [-0.05, 0) is 36.1 Å². The highest BCUT2D eigenvalue weighted by molar-refractivity contribution is 7.86. The van der Waals surface area contributed by atoms with Crippen LogP contribution in [0, 0.1) is 0 Å². The first-order valence-corrected chi connectivity index (χ1v) is 11.5. The van der Waals surface area contributed by atoms with Crippen molar-refractivity contribution in [2.45, 2.75) is 26.1 Å². The van der Waals surface area contributed by atoms with Crippen LogP contribution < -0.4 is 0 Å². The van der Waals surface area contributed by atoms with Crippen LogP contribution in [-0.4, -0.2) is 29.3 Å². The third kappa shape index (κ3) is 6.21. The normalized spacial score (nSPS) is 14.8. The lowest BCUT2D eigenvalue weighted by Gasteiger charge is -2.13. The molecule has 2 unspecified atom stereocenters. The van der Waals surface area contributed by atoms with Crippen molar-refractivity contribution in [2.24, 2.45) is 0 Å². The fourth-order valence-electron chi connectivity index (χ4n) is 2.53. The Labute approximate surface area is 155 Å². The number of hydrogen-bond donors (Lipinski definition) is 0. The molecule has 0 radical (unpaired) electrons. The molecule has 2 rings (SSSR count). The molecule has 26 heavy (non-hydrogen) atoms. The molecule has 0 heterocycles. The summed E-state index contributed by atoms with van der Waals surface area (Å²) < 4.78 is 54.7. The summed E-state index contributed by atoms with van der Waals surface area (Å²) in [5.41, 5.74) is 3.41. The maximum Gasteiger partial charge on any atom is 0.264 e. The maximum absolute atomic E-state index is 11.2. The smallest absolute Gasteiger partial charge is 0.262 e. The van der Waals surface area contributed by atoms with Crippen LogP contribution in [0.3, 0.4) is 0 Å². The van der Waals surface area contributed by atoms with Gasteiger partial charge in [0.2, 0.25) is 0 Å². The van der Waals surface area contributed by atoms with Gasteiger partial charge in [0.1, 0.15) is 0 Å². The Bertz CT molecular complexity index is 864. The van der Waals surface area contributed by atoms with Gasteiger partial charge in [0.25, 0.3) is 20.2 Å². The van der Waals surface area contributed by atoms with Gasteiger partial charge >= 0.3 is 0 Å². The SMILES string of the molecule is CC(OS(C)(=O)=O)c1ccc(-c2ccc(C(C)OS(C)(=O)=O)cc2)cc1. The molecule has 0 N–H and O–H groups in total. The Balaban J connectivity index is 2.14. The highest BCUT2D eigenvalue weighted by Gasteiger charge is 2.14. The van der Waals surface area contributed by atoms with Gasteiger partial charge in [0.05, 0.1) is 24.7 Å². The molecule has 0 saturated heterocycles. The van der Waals surface area contributed by atoms with E-state index in [-0.39, 0.29) is 0 Å². The lowest BCUT2D eigenvalue weighted by Crippen LogP contribution is -2.07. The van der Waals surface area contributed by atoms with Gasteiger partial charge < -0.3 is 0 Å². The lowest BCUT2D eigenvalue weighted by atomic mass is 10.0. The Morgan fingerprint density at radius 2 is 0.885 bits per heavy atom. The number of benzene rings is 2. The van der Waals surface area contributed by atoms with Gasteiger partial charge in [0.15, 0.2) is 0 Å². The summed E-state index contributed by atoms with van der Waals surface area (Å²) >= 11 is 0. The van der Waals surface area contributed by atoms with E-state index >= 15 is 0 Å². The molecule has 0 aliphatic rings. The van der Waals surface area contributed by atoms with Crippen LogP contribution >= 0.6 is 0 Å². The van der Waals surface area contributed by atoms with Gasteiger partial charge in [-0.3, -0.25) is 8.37 Å². The highest BCUT2D eigenvalue weighted by Crippen LogP contribution is 2.26. The molecule has 2 aromatic carbocycles. The zero-order valence-electron chi connectivity index (χ0n) is 15.0. The molecular formula is C18H22O6S2. The Morgan fingerprint density at radius 1 is 0.615 bits per heavy atom. The first-order valence-electron chi connectivity index (χ1n) is 7.91. The van der Waals surface area contributed by atoms with Crippen molar-refractivity contribution in [1.29, 1.82) is 0 Å². The quantitative estimate of drug-likeness (QED) is 0.664. The van der Waals surface area contributed by atoms with Crippen LogP contribution in [0.4, 0.5) is 0 Å². The summed E-state index contributed by atoms with van der Waals surface area (Å²) in [7, 11) is -7.03. The average molecular weight is 399 g/mol. The van der Waals surface area contributed by atoms with Crippen molar-refractivity contribution in [1.82, 2.24) is 0 Å². The van der Waals surface area contributed by atoms with Gasteiger partial charge in [-0.1, -0.05) is 48.5 Å². The van der Waals surface area contributed by atoms with Crippen molar-refractivity contribution in [2.75, 3.05) is 12.5 Å². The first-order chi connectivity index (χ1) is 11.9. The van der Waals surface area contributed by atoms with E-state index in [0.29, 0.717) is 0 Å². The Hall–Kier alpha value is -1.74. The van der Waals surface area contributed by atoms with Crippen molar-refractivity contribution < 1.29 is 25.2 Å².